The van der Waals surface area contributed by atoms with Gasteiger partial charge in [-0.25, -0.2) is 0 Å². The van der Waals surface area contributed by atoms with Crippen molar-refractivity contribution in [2.75, 3.05) is 0 Å². The van der Waals surface area contributed by atoms with Gasteiger partial charge in [-0.3, -0.25) is 0 Å². The molecule has 0 heterocycles. The Labute approximate surface area is 108 Å². The van der Waals surface area contributed by atoms with Gasteiger partial charge in [-0.15, -0.1) is 0 Å². The normalized spacial score (nSPS) is 12.8. The van der Waals surface area contributed by atoms with Crippen molar-refractivity contribution >= 4 is 10.8 Å². The molecule has 3 N–H and O–H groups in total. The lowest BCUT2D eigenvalue weighted by Gasteiger charge is -2.15. The monoisotopic (exact) mass is 243 g/mol. The Bertz CT molecular complexity index is 521. The molecule has 2 heteroatoms. The molecule has 0 aliphatic rings. The summed E-state index contributed by atoms with van der Waals surface area (Å²) in [4.78, 5) is 0. The van der Waals surface area contributed by atoms with Gasteiger partial charge in [0.15, 0.2) is 0 Å². The maximum Gasteiger partial charge on any atom is 0.123 e. The van der Waals surface area contributed by atoms with Crippen LogP contribution in [-0.4, -0.2) is 5.11 Å². The SMILES string of the molecule is CCCCC[C@H](N)c1ccc(O)c2ccccc12. The van der Waals surface area contributed by atoms with Crippen molar-refractivity contribution in [3.8, 4) is 5.75 Å². The standard InChI is InChI=1S/C16H21NO/c1-2-3-4-9-15(17)13-10-11-16(18)14-8-6-5-7-12(13)14/h5-8,10-11,15,18H,2-4,9,17H2,1H3/t15-/m0/s1. The minimum Gasteiger partial charge on any atom is -0.507 e. The van der Waals surface area contributed by atoms with E-state index in [0.29, 0.717) is 5.75 Å². The van der Waals surface area contributed by atoms with Gasteiger partial charge in [0.05, 0.1) is 0 Å². The second-order valence-corrected chi connectivity index (χ2v) is 4.82. The number of unbranched alkanes of at least 4 members (excludes halogenated alkanes) is 2. The predicted octanol–water partition coefficient (Wildman–Crippen LogP) is 4.13. The van der Waals surface area contributed by atoms with E-state index in [0.717, 1.165) is 29.2 Å². The van der Waals surface area contributed by atoms with Gasteiger partial charge in [0.25, 0.3) is 0 Å². The van der Waals surface area contributed by atoms with Crippen molar-refractivity contribution in [2.24, 2.45) is 5.73 Å². The molecule has 2 rings (SSSR count). The third kappa shape index (κ3) is 2.65. The Kier molecular flexibility index (Phi) is 4.21. The Morgan fingerprint density at radius 1 is 1.06 bits per heavy atom. The lowest BCUT2D eigenvalue weighted by molar-refractivity contribution is 0.481. The molecule has 0 aliphatic carbocycles. The average molecular weight is 243 g/mol. The number of rotatable bonds is 5. The molecule has 0 bridgehead atoms. The molecule has 1 atom stereocenters. The summed E-state index contributed by atoms with van der Waals surface area (Å²) >= 11 is 0. The zero-order valence-electron chi connectivity index (χ0n) is 10.9. The minimum atomic E-state index is 0.0575. The molecule has 2 aromatic carbocycles. The number of aromatic hydroxyl groups is 1. The molecule has 0 unspecified atom stereocenters. The van der Waals surface area contributed by atoms with E-state index in [1.54, 1.807) is 6.07 Å². The summed E-state index contributed by atoms with van der Waals surface area (Å²) in [5, 5.41) is 11.8. The van der Waals surface area contributed by atoms with Crippen LogP contribution in [0.15, 0.2) is 36.4 Å². The largest absolute Gasteiger partial charge is 0.507 e. The van der Waals surface area contributed by atoms with Crippen molar-refractivity contribution in [3.05, 3.63) is 42.0 Å². The minimum absolute atomic E-state index is 0.0575. The van der Waals surface area contributed by atoms with Crippen LogP contribution >= 0.6 is 0 Å². The van der Waals surface area contributed by atoms with E-state index in [4.69, 9.17) is 5.73 Å². The zero-order valence-corrected chi connectivity index (χ0v) is 10.9. The molecule has 0 radical (unpaired) electrons. The van der Waals surface area contributed by atoms with E-state index in [2.05, 4.69) is 6.92 Å². The summed E-state index contributed by atoms with van der Waals surface area (Å²) in [5.74, 6) is 0.329. The number of phenolic OH excluding ortho intramolecular Hbond substituents is 1. The van der Waals surface area contributed by atoms with Crippen molar-refractivity contribution in [1.29, 1.82) is 0 Å². The number of benzene rings is 2. The van der Waals surface area contributed by atoms with Gasteiger partial charge in [-0.1, -0.05) is 56.5 Å². The highest BCUT2D eigenvalue weighted by Crippen LogP contribution is 2.31. The van der Waals surface area contributed by atoms with Crippen LogP contribution in [0.4, 0.5) is 0 Å². The van der Waals surface area contributed by atoms with Gasteiger partial charge in [-0.2, -0.15) is 0 Å². The van der Waals surface area contributed by atoms with Crippen LogP contribution < -0.4 is 5.73 Å². The Hall–Kier alpha value is -1.54. The van der Waals surface area contributed by atoms with Crippen molar-refractivity contribution in [3.63, 3.8) is 0 Å². The predicted molar refractivity (Wildman–Crippen MR) is 76.7 cm³/mol. The van der Waals surface area contributed by atoms with Crippen LogP contribution in [-0.2, 0) is 0 Å². The molecular weight excluding hydrogens is 222 g/mol. The fraction of sp³-hybridized carbons (Fsp3) is 0.375. The molecule has 2 nitrogen and oxygen atoms in total. The summed E-state index contributed by atoms with van der Waals surface area (Å²) in [6, 6.07) is 11.7. The highest BCUT2D eigenvalue weighted by Gasteiger charge is 2.11. The van der Waals surface area contributed by atoms with Crippen molar-refractivity contribution < 1.29 is 5.11 Å². The Morgan fingerprint density at radius 2 is 1.78 bits per heavy atom. The summed E-state index contributed by atoms with van der Waals surface area (Å²) in [6.07, 6.45) is 4.60. The van der Waals surface area contributed by atoms with Gasteiger partial charge in [0.2, 0.25) is 0 Å². The summed E-state index contributed by atoms with van der Waals surface area (Å²) < 4.78 is 0. The number of hydrogen-bond donors (Lipinski definition) is 2. The van der Waals surface area contributed by atoms with Crippen molar-refractivity contribution in [1.82, 2.24) is 0 Å². The molecule has 18 heavy (non-hydrogen) atoms. The first-order valence-electron chi connectivity index (χ1n) is 6.70. The molecule has 0 amide bonds. The topological polar surface area (TPSA) is 46.2 Å². The van der Waals surface area contributed by atoms with Crippen LogP contribution in [0.2, 0.25) is 0 Å². The second kappa shape index (κ2) is 5.87. The van der Waals surface area contributed by atoms with Crippen LogP contribution in [0.25, 0.3) is 10.8 Å². The number of fused-ring (bicyclic) bond motifs is 1. The van der Waals surface area contributed by atoms with Crippen LogP contribution in [0.5, 0.6) is 5.75 Å². The molecule has 0 spiro atoms. The van der Waals surface area contributed by atoms with E-state index < -0.39 is 0 Å². The van der Waals surface area contributed by atoms with Gasteiger partial charge in [-0.05, 0) is 23.4 Å². The second-order valence-electron chi connectivity index (χ2n) is 4.82. The van der Waals surface area contributed by atoms with E-state index >= 15 is 0 Å². The fourth-order valence-electron chi connectivity index (χ4n) is 2.40. The van der Waals surface area contributed by atoms with Crippen molar-refractivity contribution in [2.45, 2.75) is 38.6 Å². The van der Waals surface area contributed by atoms with Gasteiger partial charge >= 0.3 is 0 Å². The maximum atomic E-state index is 9.85. The third-order valence-corrected chi connectivity index (χ3v) is 3.45. The van der Waals surface area contributed by atoms with E-state index in [-0.39, 0.29) is 6.04 Å². The Balaban J connectivity index is 2.30. The first kappa shape index (κ1) is 12.9. The molecule has 96 valence electrons. The molecule has 0 saturated carbocycles. The lowest BCUT2D eigenvalue weighted by Crippen LogP contribution is -2.10. The van der Waals surface area contributed by atoms with Crippen LogP contribution in [0.3, 0.4) is 0 Å². The first-order chi connectivity index (χ1) is 8.74. The number of nitrogens with two attached hydrogens (primary N) is 1. The highest BCUT2D eigenvalue weighted by atomic mass is 16.3. The molecule has 0 fully saturated rings. The van der Waals surface area contributed by atoms with Gasteiger partial charge in [0.1, 0.15) is 5.75 Å². The molecule has 0 saturated heterocycles. The summed E-state index contributed by atoms with van der Waals surface area (Å²) in [6.45, 7) is 2.20. The Morgan fingerprint density at radius 3 is 2.50 bits per heavy atom. The number of hydrogen-bond acceptors (Lipinski definition) is 2. The van der Waals surface area contributed by atoms with Crippen LogP contribution in [0.1, 0.15) is 44.2 Å². The quantitative estimate of drug-likeness (QED) is 0.776. The van der Waals surface area contributed by atoms with E-state index in [1.807, 2.05) is 30.3 Å². The smallest absolute Gasteiger partial charge is 0.123 e. The number of phenols is 1. The molecular formula is C16H21NO. The highest BCUT2D eigenvalue weighted by molar-refractivity contribution is 5.91. The summed E-state index contributed by atoms with van der Waals surface area (Å²) in [5.41, 5.74) is 7.41. The van der Waals surface area contributed by atoms with Gasteiger partial charge in [0, 0.05) is 11.4 Å². The fourth-order valence-corrected chi connectivity index (χ4v) is 2.40. The molecule has 2 aromatic rings. The van der Waals surface area contributed by atoms with Gasteiger partial charge < -0.3 is 10.8 Å². The van der Waals surface area contributed by atoms with E-state index in [1.165, 1.54) is 12.8 Å². The van der Waals surface area contributed by atoms with Crippen LogP contribution in [0, 0.1) is 0 Å². The average Bonchev–Trinajstić information content (AvgIpc) is 2.39. The first-order valence-corrected chi connectivity index (χ1v) is 6.70. The maximum absolute atomic E-state index is 9.85. The third-order valence-electron chi connectivity index (χ3n) is 3.45. The van der Waals surface area contributed by atoms with E-state index in [9.17, 15) is 5.11 Å². The summed E-state index contributed by atoms with van der Waals surface area (Å²) in [7, 11) is 0. The molecule has 0 aliphatic heterocycles. The lowest BCUT2D eigenvalue weighted by atomic mass is 9.95. The molecule has 0 aromatic heterocycles. The zero-order chi connectivity index (χ0) is 13.0.